The second-order valence-corrected chi connectivity index (χ2v) is 5.28. The Balaban J connectivity index is 2.01. The van der Waals surface area contributed by atoms with E-state index in [0.29, 0.717) is 11.2 Å². The van der Waals surface area contributed by atoms with Gasteiger partial charge in [0.15, 0.2) is 0 Å². The largest absolute Gasteiger partial charge is 0.427 e. The lowest BCUT2D eigenvalue weighted by atomic mass is 9.87. The van der Waals surface area contributed by atoms with Crippen molar-refractivity contribution in [1.82, 2.24) is 9.55 Å². The van der Waals surface area contributed by atoms with Gasteiger partial charge in [0.05, 0.1) is 5.69 Å². The molecule has 0 atom stereocenters. The molecule has 4 nitrogen and oxygen atoms in total. The molecule has 0 aromatic carbocycles. The maximum atomic E-state index is 11.7. The molecule has 1 aliphatic carbocycles. The van der Waals surface area contributed by atoms with Crippen LogP contribution in [-0.2, 0) is 0 Å². The van der Waals surface area contributed by atoms with E-state index in [1.54, 1.807) is 17.0 Å². The van der Waals surface area contributed by atoms with Crippen molar-refractivity contribution >= 4 is 11.6 Å². The number of hydrogen-bond acceptors (Lipinski definition) is 3. The third-order valence-corrected chi connectivity index (χ3v) is 3.94. The molecule has 3 rings (SSSR count). The van der Waals surface area contributed by atoms with Crippen LogP contribution in [0.5, 0.6) is 0 Å². The maximum Gasteiger partial charge on any atom is 0.337 e. The molecule has 1 saturated carbocycles. The van der Waals surface area contributed by atoms with Crippen LogP contribution in [0.1, 0.15) is 43.8 Å². The number of aromatic nitrogens is 2. The molecule has 0 spiro atoms. The molecule has 5 heteroatoms. The van der Waals surface area contributed by atoms with Gasteiger partial charge in [-0.05, 0) is 24.4 Å². The summed E-state index contributed by atoms with van der Waals surface area (Å²) in [5, 5.41) is 0.347. The SMILES string of the molecule is O=c1cc(-n2ccnc2Cl)cc(C2CCCCC2)o1. The molecule has 0 unspecified atom stereocenters. The summed E-state index contributed by atoms with van der Waals surface area (Å²) >= 11 is 5.98. The lowest BCUT2D eigenvalue weighted by Crippen LogP contribution is -2.10. The van der Waals surface area contributed by atoms with Gasteiger partial charge in [0.25, 0.3) is 0 Å². The fourth-order valence-electron chi connectivity index (χ4n) is 2.69. The van der Waals surface area contributed by atoms with Crippen LogP contribution in [0.15, 0.2) is 33.7 Å². The van der Waals surface area contributed by atoms with Gasteiger partial charge in [-0.15, -0.1) is 0 Å². The summed E-state index contributed by atoms with van der Waals surface area (Å²) in [7, 11) is 0. The summed E-state index contributed by atoms with van der Waals surface area (Å²) in [6.45, 7) is 0. The Morgan fingerprint density at radius 2 is 2.05 bits per heavy atom. The summed E-state index contributed by atoms with van der Waals surface area (Å²) < 4.78 is 7.05. The molecular weight excluding hydrogens is 264 g/mol. The Labute approximate surface area is 116 Å². The zero-order chi connectivity index (χ0) is 13.2. The molecule has 0 bridgehead atoms. The average Bonchev–Trinajstić information content (AvgIpc) is 2.85. The first-order valence-corrected chi connectivity index (χ1v) is 6.96. The van der Waals surface area contributed by atoms with Crippen LogP contribution >= 0.6 is 11.6 Å². The third-order valence-electron chi connectivity index (χ3n) is 3.66. The first-order chi connectivity index (χ1) is 9.24. The van der Waals surface area contributed by atoms with Crippen LogP contribution < -0.4 is 5.63 Å². The van der Waals surface area contributed by atoms with E-state index in [-0.39, 0.29) is 5.63 Å². The average molecular weight is 279 g/mol. The summed E-state index contributed by atoms with van der Waals surface area (Å²) in [4.78, 5) is 15.7. The predicted molar refractivity (Wildman–Crippen MR) is 72.9 cm³/mol. The van der Waals surface area contributed by atoms with E-state index in [9.17, 15) is 4.79 Å². The number of rotatable bonds is 2. The summed E-state index contributed by atoms with van der Waals surface area (Å²) in [5.74, 6) is 1.12. The van der Waals surface area contributed by atoms with E-state index >= 15 is 0 Å². The number of imidazole rings is 1. The minimum atomic E-state index is -0.331. The van der Waals surface area contributed by atoms with Crippen LogP contribution in [0.3, 0.4) is 0 Å². The van der Waals surface area contributed by atoms with Gasteiger partial charge in [-0.2, -0.15) is 0 Å². The normalized spacial score (nSPS) is 16.7. The summed E-state index contributed by atoms with van der Waals surface area (Å²) in [5.41, 5.74) is 0.391. The van der Waals surface area contributed by atoms with Gasteiger partial charge in [0, 0.05) is 30.4 Å². The summed E-state index contributed by atoms with van der Waals surface area (Å²) in [6, 6.07) is 3.35. The van der Waals surface area contributed by atoms with E-state index in [4.69, 9.17) is 16.0 Å². The van der Waals surface area contributed by atoms with Crippen LogP contribution in [0.2, 0.25) is 5.28 Å². The van der Waals surface area contributed by atoms with Gasteiger partial charge in [-0.25, -0.2) is 9.78 Å². The minimum Gasteiger partial charge on any atom is -0.427 e. The zero-order valence-electron chi connectivity index (χ0n) is 10.5. The maximum absolute atomic E-state index is 11.7. The van der Waals surface area contributed by atoms with Crippen LogP contribution in [0, 0.1) is 0 Å². The fraction of sp³-hybridized carbons (Fsp3) is 0.429. The highest BCUT2D eigenvalue weighted by Crippen LogP contribution is 2.32. The van der Waals surface area contributed by atoms with Crippen LogP contribution in [0.4, 0.5) is 0 Å². The highest BCUT2D eigenvalue weighted by atomic mass is 35.5. The Hall–Kier alpha value is -1.55. The number of hydrogen-bond donors (Lipinski definition) is 0. The van der Waals surface area contributed by atoms with Crippen molar-refractivity contribution in [3.8, 4) is 5.69 Å². The minimum absolute atomic E-state index is 0.331. The lowest BCUT2D eigenvalue weighted by molar-refractivity contribution is 0.355. The van der Waals surface area contributed by atoms with Gasteiger partial charge in [0.2, 0.25) is 5.28 Å². The standard InChI is InChI=1S/C14H15ClN2O2/c15-14-16-6-7-17(14)11-8-12(19-13(18)9-11)10-4-2-1-3-5-10/h6-10H,1-5H2. The molecule has 0 aliphatic heterocycles. The molecule has 0 radical (unpaired) electrons. The Morgan fingerprint density at radius 1 is 1.26 bits per heavy atom. The Bertz CT molecular complexity index is 626. The van der Waals surface area contributed by atoms with Crippen molar-refractivity contribution in [2.24, 2.45) is 0 Å². The highest BCUT2D eigenvalue weighted by molar-refractivity contribution is 6.28. The highest BCUT2D eigenvalue weighted by Gasteiger charge is 2.19. The quantitative estimate of drug-likeness (QED) is 0.844. The second kappa shape index (κ2) is 5.21. The van der Waals surface area contributed by atoms with E-state index in [1.165, 1.54) is 25.3 Å². The Morgan fingerprint density at radius 3 is 2.74 bits per heavy atom. The molecule has 1 aliphatic rings. The van der Waals surface area contributed by atoms with Gasteiger partial charge in [0.1, 0.15) is 5.76 Å². The van der Waals surface area contributed by atoms with E-state index in [1.807, 2.05) is 6.07 Å². The first-order valence-electron chi connectivity index (χ1n) is 6.58. The Kier molecular flexibility index (Phi) is 3.42. The zero-order valence-corrected chi connectivity index (χ0v) is 11.3. The van der Waals surface area contributed by atoms with Crippen molar-refractivity contribution in [2.75, 3.05) is 0 Å². The topological polar surface area (TPSA) is 48.0 Å². The smallest absolute Gasteiger partial charge is 0.337 e. The van der Waals surface area contributed by atoms with Crippen molar-refractivity contribution < 1.29 is 4.42 Å². The van der Waals surface area contributed by atoms with Crippen LogP contribution in [-0.4, -0.2) is 9.55 Å². The monoisotopic (exact) mass is 278 g/mol. The van der Waals surface area contributed by atoms with Gasteiger partial charge in [-0.1, -0.05) is 19.3 Å². The first kappa shape index (κ1) is 12.5. The van der Waals surface area contributed by atoms with E-state index in [2.05, 4.69) is 4.98 Å². The molecule has 0 saturated heterocycles. The fourth-order valence-corrected chi connectivity index (χ4v) is 2.90. The number of halogens is 1. The van der Waals surface area contributed by atoms with Crippen molar-refractivity contribution in [2.45, 2.75) is 38.0 Å². The molecule has 0 amide bonds. The molecule has 19 heavy (non-hydrogen) atoms. The molecule has 2 aromatic heterocycles. The molecule has 1 fully saturated rings. The van der Waals surface area contributed by atoms with Crippen LogP contribution in [0.25, 0.3) is 5.69 Å². The lowest BCUT2D eigenvalue weighted by Gasteiger charge is -2.20. The van der Waals surface area contributed by atoms with Gasteiger partial charge >= 0.3 is 5.63 Å². The molecule has 0 N–H and O–H groups in total. The van der Waals surface area contributed by atoms with E-state index in [0.717, 1.165) is 24.3 Å². The van der Waals surface area contributed by atoms with Crippen molar-refractivity contribution in [3.05, 3.63) is 46.0 Å². The number of nitrogens with zero attached hydrogens (tertiary/aromatic N) is 2. The van der Waals surface area contributed by atoms with E-state index < -0.39 is 0 Å². The molecule has 2 heterocycles. The van der Waals surface area contributed by atoms with Gasteiger partial charge < -0.3 is 4.42 Å². The predicted octanol–water partition coefficient (Wildman–Crippen LogP) is 3.53. The third kappa shape index (κ3) is 2.59. The second-order valence-electron chi connectivity index (χ2n) is 4.94. The molecule has 2 aromatic rings. The molecule has 100 valence electrons. The van der Waals surface area contributed by atoms with Crippen molar-refractivity contribution in [1.29, 1.82) is 0 Å². The summed E-state index contributed by atoms with van der Waals surface area (Å²) in [6.07, 6.45) is 9.19. The van der Waals surface area contributed by atoms with Gasteiger partial charge in [-0.3, -0.25) is 4.57 Å². The van der Waals surface area contributed by atoms with Crippen molar-refractivity contribution in [3.63, 3.8) is 0 Å². The molecular formula is C14H15ClN2O2.